The molecule has 0 fully saturated rings. The maximum absolute atomic E-state index is 11.4. The zero-order chi connectivity index (χ0) is 15.5. The van der Waals surface area contributed by atoms with Crippen molar-refractivity contribution in [3.8, 4) is 0 Å². The van der Waals surface area contributed by atoms with Crippen molar-refractivity contribution in [1.29, 1.82) is 0 Å². The monoisotopic (exact) mass is 345 g/mol. The summed E-state index contributed by atoms with van der Waals surface area (Å²) in [5.41, 5.74) is 1.15. The molecule has 5 nitrogen and oxygen atoms in total. The largest absolute Gasteiger partial charge is 0.480 e. The highest BCUT2D eigenvalue weighted by molar-refractivity contribution is 9.10. The minimum Gasteiger partial charge on any atom is -0.480 e. The van der Waals surface area contributed by atoms with Crippen molar-refractivity contribution in [3.63, 3.8) is 0 Å². The molecule has 114 valence electrons. The van der Waals surface area contributed by atoms with Crippen LogP contribution in [-0.2, 0) is 11.3 Å². The topological polar surface area (TPSA) is 67.2 Å². The number of aromatic nitrogens is 2. The van der Waals surface area contributed by atoms with Crippen LogP contribution < -0.4 is 5.32 Å². The highest BCUT2D eigenvalue weighted by Crippen LogP contribution is 2.21. The fourth-order valence-corrected chi connectivity index (χ4v) is 2.64. The van der Waals surface area contributed by atoms with Crippen molar-refractivity contribution in [2.75, 3.05) is 0 Å². The van der Waals surface area contributed by atoms with Crippen LogP contribution in [0.25, 0.3) is 0 Å². The zero-order valence-electron chi connectivity index (χ0n) is 12.8. The van der Waals surface area contributed by atoms with Gasteiger partial charge in [0.2, 0.25) is 0 Å². The Morgan fingerprint density at radius 1 is 1.50 bits per heavy atom. The lowest BCUT2D eigenvalue weighted by Gasteiger charge is -2.28. The van der Waals surface area contributed by atoms with Gasteiger partial charge in [-0.05, 0) is 63.4 Å². The van der Waals surface area contributed by atoms with E-state index in [1.165, 1.54) is 0 Å². The molecule has 1 unspecified atom stereocenters. The van der Waals surface area contributed by atoms with Gasteiger partial charge in [-0.2, -0.15) is 5.10 Å². The Hall–Kier alpha value is -0.880. The molecule has 6 heteroatoms. The maximum atomic E-state index is 11.4. The molecule has 0 aliphatic heterocycles. The molecule has 0 aromatic carbocycles. The highest BCUT2D eigenvalue weighted by Gasteiger charge is 2.32. The van der Waals surface area contributed by atoms with Crippen molar-refractivity contribution in [3.05, 3.63) is 15.9 Å². The van der Waals surface area contributed by atoms with E-state index in [0.717, 1.165) is 28.8 Å². The molecule has 0 bridgehead atoms. The van der Waals surface area contributed by atoms with Crippen LogP contribution in [-0.4, -0.2) is 32.4 Å². The molecule has 20 heavy (non-hydrogen) atoms. The Balaban J connectivity index is 2.65. The van der Waals surface area contributed by atoms with Crippen molar-refractivity contribution in [2.45, 2.75) is 65.6 Å². The lowest BCUT2D eigenvalue weighted by molar-refractivity contribution is -0.144. The minimum atomic E-state index is -0.887. The SMILES string of the molecule is Cc1nn(CCCC(C)(NC(C)C)C(=O)O)c(C)c1Br. The summed E-state index contributed by atoms with van der Waals surface area (Å²) < 4.78 is 2.95. The molecular formula is C14H24BrN3O2. The van der Waals surface area contributed by atoms with Gasteiger partial charge in [0, 0.05) is 18.3 Å². The molecule has 0 aliphatic rings. The number of nitrogens with one attached hydrogen (secondary N) is 1. The molecule has 0 radical (unpaired) electrons. The average molecular weight is 346 g/mol. The third kappa shape index (κ3) is 4.06. The van der Waals surface area contributed by atoms with Crippen molar-refractivity contribution < 1.29 is 9.90 Å². The van der Waals surface area contributed by atoms with E-state index in [1.807, 2.05) is 32.4 Å². The van der Waals surface area contributed by atoms with E-state index >= 15 is 0 Å². The summed E-state index contributed by atoms with van der Waals surface area (Å²) in [7, 11) is 0. The summed E-state index contributed by atoms with van der Waals surface area (Å²) in [6.45, 7) is 10.3. The first kappa shape index (κ1) is 17.2. The number of aliphatic carboxylic acids is 1. The predicted molar refractivity (Wildman–Crippen MR) is 82.9 cm³/mol. The summed E-state index contributed by atoms with van der Waals surface area (Å²) in [6, 6.07) is 0.138. The Morgan fingerprint density at radius 2 is 2.10 bits per heavy atom. The second-order valence-electron chi connectivity index (χ2n) is 5.75. The lowest BCUT2D eigenvalue weighted by Crippen LogP contribution is -2.52. The van der Waals surface area contributed by atoms with Gasteiger partial charge in [-0.3, -0.25) is 14.8 Å². The van der Waals surface area contributed by atoms with Crippen LogP contribution in [0.2, 0.25) is 0 Å². The lowest BCUT2D eigenvalue weighted by atomic mass is 9.95. The zero-order valence-corrected chi connectivity index (χ0v) is 14.4. The molecule has 1 aromatic rings. The van der Waals surface area contributed by atoms with E-state index in [0.29, 0.717) is 6.42 Å². The van der Waals surface area contributed by atoms with Gasteiger partial charge in [0.05, 0.1) is 10.2 Å². The quantitative estimate of drug-likeness (QED) is 0.797. The Kier molecular flexibility index (Phi) is 5.77. The van der Waals surface area contributed by atoms with Gasteiger partial charge >= 0.3 is 5.97 Å². The average Bonchev–Trinajstić information content (AvgIpc) is 2.56. The van der Waals surface area contributed by atoms with Crippen LogP contribution in [0.4, 0.5) is 0 Å². The molecule has 0 amide bonds. The molecule has 0 saturated carbocycles. The third-order valence-corrected chi connectivity index (χ3v) is 4.57. The van der Waals surface area contributed by atoms with E-state index in [2.05, 4.69) is 26.3 Å². The fourth-order valence-electron chi connectivity index (χ4n) is 2.35. The minimum absolute atomic E-state index is 0.138. The summed E-state index contributed by atoms with van der Waals surface area (Å²) >= 11 is 3.50. The van der Waals surface area contributed by atoms with Crippen LogP contribution in [0.1, 0.15) is 45.0 Å². The first-order valence-corrected chi connectivity index (χ1v) is 7.67. The normalized spacial score (nSPS) is 14.6. The van der Waals surface area contributed by atoms with Crippen molar-refractivity contribution >= 4 is 21.9 Å². The van der Waals surface area contributed by atoms with E-state index in [-0.39, 0.29) is 6.04 Å². The van der Waals surface area contributed by atoms with Gasteiger partial charge in [0.1, 0.15) is 5.54 Å². The first-order chi connectivity index (χ1) is 9.17. The Morgan fingerprint density at radius 3 is 2.50 bits per heavy atom. The van der Waals surface area contributed by atoms with E-state index in [1.54, 1.807) is 6.92 Å². The summed E-state index contributed by atoms with van der Waals surface area (Å²) in [4.78, 5) is 11.4. The summed E-state index contributed by atoms with van der Waals surface area (Å²) in [5, 5.41) is 17.0. The summed E-state index contributed by atoms with van der Waals surface area (Å²) in [5.74, 6) is -0.805. The van der Waals surface area contributed by atoms with Crippen LogP contribution >= 0.6 is 15.9 Å². The van der Waals surface area contributed by atoms with Gasteiger partial charge < -0.3 is 5.11 Å². The number of aryl methyl sites for hydroxylation is 2. The third-order valence-electron chi connectivity index (χ3n) is 3.42. The van der Waals surface area contributed by atoms with Crippen LogP contribution in [0.15, 0.2) is 4.47 Å². The first-order valence-electron chi connectivity index (χ1n) is 6.88. The van der Waals surface area contributed by atoms with Gasteiger partial charge in [-0.25, -0.2) is 0 Å². The molecule has 1 atom stereocenters. The Labute approximate surface area is 128 Å². The van der Waals surface area contributed by atoms with E-state index in [9.17, 15) is 9.90 Å². The number of carbonyl (C=O) groups is 1. The molecule has 0 spiro atoms. The second-order valence-corrected chi connectivity index (χ2v) is 6.54. The van der Waals surface area contributed by atoms with Crippen LogP contribution in [0, 0.1) is 13.8 Å². The van der Waals surface area contributed by atoms with Crippen molar-refractivity contribution in [2.24, 2.45) is 0 Å². The van der Waals surface area contributed by atoms with Gasteiger partial charge in [-0.1, -0.05) is 0 Å². The van der Waals surface area contributed by atoms with Crippen LogP contribution in [0.3, 0.4) is 0 Å². The molecule has 2 N–H and O–H groups in total. The Bertz CT molecular complexity index is 485. The molecule has 1 rings (SSSR count). The molecule has 0 saturated heterocycles. The molecule has 1 heterocycles. The predicted octanol–water partition coefficient (Wildman–Crippen LogP) is 2.88. The highest BCUT2D eigenvalue weighted by atomic mass is 79.9. The van der Waals surface area contributed by atoms with Gasteiger partial charge in [0.15, 0.2) is 0 Å². The second kappa shape index (κ2) is 6.72. The molecule has 1 aromatic heterocycles. The van der Waals surface area contributed by atoms with Crippen LogP contribution in [0.5, 0.6) is 0 Å². The number of halogens is 1. The maximum Gasteiger partial charge on any atom is 0.323 e. The smallest absolute Gasteiger partial charge is 0.323 e. The number of carboxylic acid groups (broad SMARTS) is 1. The number of hydrogen-bond donors (Lipinski definition) is 2. The van der Waals surface area contributed by atoms with E-state index in [4.69, 9.17) is 0 Å². The van der Waals surface area contributed by atoms with Gasteiger partial charge in [0.25, 0.3) is 0 Å². The number of nitrogens with zero attached hydrogens (tertiary/aromatic N) is 2. The molecular weight excluding hydrogens is 322 g/mol. The number of carboxylic acids is 1. The summed E-state index contributed by atoms with van der Waals surface area (Å²) in [6.07, 6.45) is 1.33. The number of rotatable bonds is 7. The van der Waals surface area contributed by atoms with E-state index < -0.39 is 11.5 Å². The van der Waals surface area contributed by atoms with Gasteiger partial charge in [-0.15, -0.1) is 0 Å². The standard InChI is InChI=1S/C14H24BrN3O2/c1-9(2)16-14(5,13(19)20)7-6-8-18-11(4)12(15)10(3)17-18/h9,16H,6-8H2,1-5H3,(H,19,20). The molecule has 0 aliphatic carbocycles. The van der Waals surface area contributed by atoms with Crippen molar-refractivity contribution in [1.82, 2.24) is 15.1 Å². The fraction of sp³-hybridized carbons (Fsp3) is 0.714. The number of hydrogen-bond acceptors (Lipinski definition) is 3.